The molecule has 0 saturated carbocycles. The fourth-order valence-electron chi connectivity index (χ4n) is 0.976. The van der Waals surface area contributed by atoms with Gasteiger partial charge in [-0.2, -0.15) is 0 Å². The summed E-state index contributed by atoms with van der Waals surface area (Å²) in [4.78, 5) is 0. The van der Waals surface area contributed by atoms with Crippen molar-refractivity contribution < 1.29 is 13.5 Å². The topological polar surface area (TPSA) is 9.23 Å². The van der Waals surface area contributed by atoms with Crippen LogP contribution >= 0.6 is 0 Å². The largest absolute Gasteiger partial charge is 0.382 e. The summed E-state index contributed by atoms with van der Waals surface area (Å²) in [6.45, 7) is 8.75. The van der Waals surface area contributed by atoms with E-state index in [-0.39, 0.29) is 5.56 Å². The minimum atomic E-state index is -0.475. The third kappa shape index (κ3) is 5.47. The first kappa shape index (κ1) is 14.0. The van der Waals surface area contributed by atoms with E-state index in [1.165, 1.54) is 19.1 Å². The second-order valence-electron chi connectivity index (χ2n) is 3.14. The zero-order valence-electron chi connectivity index (χ0n) is 9.73. The number of hydrogen-bond donors (Lipinski definition) is 0. The lowest BCUT2D eigenvalue weighted by atomic mass is 10.1. The summed E-state index contributed by atoms with van der Waals surface area (Å²) in [5.41, 5.74) is 0.700. The molecule has 3 heteroatoms. The Morgan fingerprint density at radius 1 is 1.00 bits per heavy atom. The van der Waals surface area contributed by atoms with Crippen LogP contribution < -0.4 is 0 Å². The first-order chi connectivity index (χ1) is 7.02. The lowest BCUT2D eigenvalue weighted by Gasteiger charge is -1.98. The van der Waals surface area contributed by atoms with Crippen LogP contribution in [0, 0.1) is 25.5 Å². The molecule has 0 aliphatic carbocycles. The van der Waals surface area contributed by atoms with Gasteiger partial charge in [0, 0.05) is 18.8 Å². The fraction of sp³-hybridized carbons (Fsp3) is 0.500. The minimum absolute atomic E-state index is 0.0885. The van der Waals surface area contributed by atoms with Crippen molar-refractivity contribution in [2.24, 2.45) is 0 Å². The van der Waals surface area contributed by atoms with Gasteiger partial charge in [-0.05, 0) is 45.4 Å². The van der Waals surface area contributed by atoms with Gasteiger partial charge in [-0.3, -0.25) is 0 Å². The maximum Gasteiger partial charge on any atom is 0.129 e. The minimum Gasteiger partial charge on any atom is -0.382 e. The van der Waals surface area contributed by atoms with E-state index in [2.05, 4.69) is 0 Å². The third-order valence-electron chi connectivity index (χ3n) is 1.83. The molecule has 0 aliphatic heterocycles. The Morgan fingerprint density at radius 2 is 1.40 bits per heavy atom. The molecule has 0 amide bonds. The van der Waals surface area contributed by atoms with Crippen LogP contribution in [0.15, 0.2) is 12.1 Å². The smallest absolute Gasteiger partial charge is 0.129 e. The molecule has 0 unspecified atom stereocenters. The Balaban J connectivity index is 0.000000336. The monoisotopic (exact) mass is 216 g/mol. The molecule has 0 radical (unpaired) electrons. The van der Waals surface area contributed by atoms with Crippen molar-refractivity contribution >= 4 is 0 Å². The van der Waals surface area contributed by atoms with Gasteiger partial charge in [-0.25, -0.2) is 8.78 Å². The quantitative estimate of drug-likeness (QED) is 0.733. The summed E-state index contributed by atoms with van der Waals surface area (Å²) in [6.07, 6.45) is 0. The van der Waals surface area contributed by atoms with E-state index in [4.69, 9.17) is 4.74 Å². The Labute approximate surface area is 90.1 Å². The van der Waals surface area contributed by atoms with Gasteiger partial charge in [0.1, 0.15) is 11.6 Å². The molecule has 0 heterocycles. The predicted molar refractivity (Wildman–Crippen MR) is 58.0 cm³/mol. The van der Waals surface area contributed by atoms with Crippen molar-refractivity contribution in [2.45, 2.75) is 27.7 Å². The van der Waals surface area contributed by atoms with Crippen LogP contribution in [0.3, 0.4) is 0 Å². The van der Waals surface area contributed by atoms with Gasteiger partial charge in [0.15, 0.2) is 0 Å². The highest BCUT2D eigenvalue weighted by atomic mass is 19.1. The van der Waals surface area contributed by atoms with Crippen LogP contribution in [0.25, 0.3) is 0 Å². The Morgan fingerprint density at radius 3 is 1.67 bits per heavy atom. The molecule has 86 valence electrons. The summed E-state index contributed by atoms with van der Waals surface area (Å²) in [7, 11) is 0. The first-order valence-corrected chi connectivity index (χ1v) is 5.02. The van der Waals surface area contributed by atoms with E-state index in [9.17, 15) is 8.78 Å². The molecule has 0 aliphatic rings. The summed E-state index contributed by atoms with van der Waals surface area (Å²) in [5, 5.41) is 0. The summed E-state index contributed by atoms with van der Waals surface area (Å²) < 4.78 is 30.0. The molecule has 1 rings (SSSR count). The van der Waals surface area contributed by atoms with Gasteiger partial charge >= 0.3 is 0 Å². The van der Waals surface area contributed by atoms with Gasteiger partial charge in [-0.15, -0.1) is 0 Å². The van der Waals surface area contributed by atoms with Gasteiger partial charge in [-0.1, -0.05) is 0 Å². The van der Waals surface area contributed by atoms with Gasteiger partial charge in [0.2, 0.25) is 0 Å². The van der Waals surface area contributed by atoms with Gasteiger partial charge in [0.05, 0.1) is 0 Å². The van der Waals surface area contributed by atoms with Crippen LogP contribution in [-0.4, -0.2) is 13.2 Å². The average molecular weight is 216 g/mol. The van der Waals surface area contributed by atoms with Crippen LogP contribution in [0.5, 0.6) is 0 Å². The van der Waals surface area contributed by atoms with Crippen LogP contribution in [-0.2, 0) is 4.74 Å². The van der Waals surface area contributed by atoms with Crippen LogP contribution in [0.4, 0.5) is 8.78 Å². The molecule has 15 heavy (non-hydrogen) atoms. The lowest BCUT2D eigenvalue weighted by Crippen LogP contribution is -1.88. The van der Waals surface area contributed by atoms with Crippen LogP contribution in [0.2, 0.25) is 0 Å². The summed E-state index contributed by atoms with van der Waals surface area (Å²) in [6, 6.07) is 2.64. The number of rotatable bonds is 2. The summed E-state index contributed by atoms with van der Waals surface area (Å²) in [5.74, 6) is -0.949. The van der Waals surface area contributed by atoms with E-state index in [1.54, 1.807) is 6.92 Å². The summed E-state index contributed by atoms with van der Waals surface area (Å²) >= 11 is 0. The molecule has 0 fully saturated rings. The zero-order chi connectivity index (χ0) is 11.8. The van der Waals surface area contributed by atoms with Gasteiger partial charge in [0.25, 0.3) is 0 Å². The fourth-order valence-corrected chi connectivity index (χ4v) is 0.976. The molecule has 0 N–H and O–H groups in total. The molecule has 0 saturated heterocycles. The number of aryl methyl sites for hydroxylation is 1. The second kappa shape index (κ2) is 7.35. The van der Waals surface area contributed by atoms with Crippen molar-refractivity contribution in [2.75, 3.05) is 13.2 Å². The van der Waals surface area contributed by atoms with Crippen molar-refractivity contribution in [3.05, 3.63) is 34.9 Å². The van der Waals surface area contributed by atoms with E-state index in [0.29, 0.717) is 5.56 Å². The molecular formula is C12H18F2O. The number of benzene rings is 1. The van der Waals surface area contributed by atoms with Gasteiger partial charge < -0.3 is 4.74 Å². The average Bonchev–Trinajstić information content (AvgIpc) is 2.16. The number of hydrogen-bond acceptors (Lipinski definition) is 1. The van der Waals surface area contributed by atoms with E-state index in [1.807, 2.05) is 13.8 Å². The lowest BCUT2D eigenvalue weighted by molar-refractivity contribution is 0.162. The van der Waals surface area contributed by atoms with Crippen LogP contribution in [0.1, 0.15) is 25.0 Å². The number of halogens is 2. The van der Waals surface area contributed by atoms with Crippen molar-refractivity contribution in [1.82, 2.24) is 0 Å². The first-order valence-electron chi connectivity index (χ1n) is 5.02. The SMILES string of the molecule is CCOCC.Cc1cc(F)c(C)c(F)c1. The maximum atomic E-state index is 12.6. The molecule has 1 aromatic rings. The molecule has 1 aromatic carbocycles. The highest BCUT2D eigenvalue weighted by Gasteiger charge is 2.02. The number of ether oxygens (including phenoxy) is 1. The van der Waals surface area contributed by atoms with E-state index >= 15 is 0 Å². The standard InChI is InChI=1S/C8H8F2.C4H10O/c1-5-3-7(9)6(2)8(10)4-5;1-3-5-4-2/h3-4H,1-2H3;3-4H2,1-2H3. The van der Waals surface area contributed by atoms with E-state index < -0.39 is 11.6 Å². The Bertz CT molecular complexity index is 273. The Kier molecular flexibility index (Phi) is 6.88. The van der Waals surface area contributed by atoms with E-state index in [0.717, 1.165) is 13.2 Å². The molecule has 0 aromatic heterocycles. The zero-order valence-corrected chi connectivity index (χ0v) is 9.73. The predicted octanol–water partition coefficient (Wildman–Crippen LogP) is 3.62. The molecule has 0 atom stereocenters. The molecular weight excluding hydrogens is 198 g/mol. The molecule has 0 bridgehead atoms. The van der Waals surface area contributed by atoms with Crippen molar-refractivity contribution in [1.29, 1.82) is 0 Å². The molecule has 0 spiro atoms. The second-order valence-corrected chi connectivity index (χ2v) is 3.14. The highest BCUT2D eigenvalue weighted by molar-refractivity contribution is 5.23. The van der Waals surface area contributed by atoms with Crippen molar-refractivity contribution in [3.8, 4) is 0 Å². The highest BCUT2D eigenvalue weighted by Crippen LogP contribution is 2.12. The van der Waals surface area contributed by atoms with Crippen molar-refractivity contribution in [3.63, 3.8) is 0 Å². The Hall–Kier alpha value is -0.960. The normalized spacial score (nSPS) is 9.47. The molecule has 1 nitrogen and oxygen atoms in total. The third-order valence-corrected chi connectivity index (χ3v) is 1.83. The maximum absolute atomic E-state index is 12.6.